The maximum Gasteiger partial charge on any atom is 0.223 e. The minimum absolute atomic E-state index is 0.0365. The molecule has 0 saturated heterocycles. The van der Waals surface area contributed by atoms with E-state index in [1.807, 2.05) is 0 Å². The summed E-state index contributed by atoms with van der Waals surface area (Å²) in [5, 5.41) is 2.69. The second kappa shape index (κ2) is 4.45. The molecule has 0 aliphatic carbocycles. The number of hydrogen-bond donors (Lipinski definition) is 1. The van der Waals surface area contributed by atoms with Crippen LogP contribution in [0.2, 0.25) is 0 Å². The number of rotatable bonds is 2. The van der Waals surface area contributed by atoms with Crippen molar-refractivity contribution in [2.75, 3.05) is 12.4 Å². The van der Waals surface area contributed by atoms with E-state index in [0.717, 1.165) is 11.8 Å². The molecular formula is C12H11F2N3. The Kier molecular flexibility index (Phi) is 2.99. The fourth-order valence-corrected chi connectivity index (χ4v) is 1.50. The molecular weight excluding hydrogens is 224 g/mol. The molecule has 2 aromatic rings. The number of benzene rings is 1. The summed E-state index contributed by atoms with van der Waals surface area (Å²) in [6.45, 7) is 1.81. The largest absolute Gasteiger partial charge is 0.357 e. The van der Waals surface area contributed by atoms with E-state index >= 15 is 0 Å². The van der Waals surface area contributed by atoms with Crippen LogP contribution in [0.4, 0.5) is 14.7 Å². The number of aromatic nitrogens is 2. The highest BCUT2D eigenvalue weighted by Crippen LogP contribution is 2.25. The molecule has 0 radical (unpaired) electrons. The summed E-state index contributed by atoms with van der Waals surface area (Å²) in [5.74, 6) is -0.897. The molecule has 0 bridgehead atoms. The van der Waals surface area contributed by atoms with E-state index in [-0.39, 0.29) is 17.2 Å². The van der Waals surface area contributed by atoms with E-state index in [4.69, 9.17) is 0 Å². The Morgan fingerprint density at radius 1 is 1.18 bits per heavy atom. The summed E-state index contributed by atoms with van der Waals surface area (Å²) in [6, 6.07) is 4.47. The first-order chi connectivity index (χ1) is 8.11. The van der Waals surface area contributed by atoms with Gasteiger partial charge in [0.05, 0.1) is 6.20 Å². The summed E-state index contributed by atoms with van der Waals surface area (Å²) in [5.41, 5.74) is 0.942. The first kappa shape index (κ1) is 11.4. The highest BCUT2D eigenvalue weighted by atomic mass is 19.1. The van der Waals surface area contributed by atoms with Crippen molar-refractivity contribution in [2.45, 2.75) is 6.92 Å². The number of nitrogens with zero attached hydrogens (tertiary/aromatic N) is 2. The summed E-state index contributed by atoms with van der Waals surface area (Å²) >= 11 is 0. The molecule has 1 N–H and O–H groups in total. The Morgan fingerprint density at radius 2 is 1.94 bits per heavy atom. The molecule has 1 heterocycles. The molecule has 88 valence electrons. The summed E-state index contributed by atoms with van der Waals surface area (Å²) in [6.07, 6.45) is 1.02. The van der Waals surface area contributed by atoms with Crippen LogP contribution in [0.5, 0.6) is 0 Å². The second-order valence-electron chi connectivity index (χ2n) is 3.62. The average Bonchev–Trinajstić information content (AvgIpc) is 2.33. The van der Waals surface area contributed by atoms with Crippen LogP contribution in [0.3, 0.4) is 0 Å². The van der Waals surface area contributed by atoms with Gasteiger partial charge in [-0.2, -0.15) is 0 Å². The zero-order valence-electron chi connectivity index (χ0n) is 9.46. The Bertz CT molecular complexity index is 555. The molecule has 5 heteroatoms. The molecule has 0 unspecified atom stereocenters. The smallest absolute Gasteiger partial charge is 0.223 e. The van der Waals surface area contributed by atoms with Crippen molar-refractivity contribution in [1.29, 1.82) is 0 Å². The molecule has 2 rings (SSSR count). The maximum absolute atomic E-state index is 13.6. The first-order valence-electron chi connectivity index (χ1n) is 5.08. The third-order valence-corrected chi connectivity index (χ3v) is 2.34. The zero-order valence-corrected chi connectivity index (χ0v) is 9.46. The average molecular weight is 235 g/mol. The fourth-order valence-electron chi connectivity index (χ4n) is 1.50. The van der Waals surface area contributed by atoms with E-state index in [1.165, 1.54) is 6.07 Å². The molecule has 1 aromatic heterocycles. The van der Waals surface area contributed by atoms with Gasteiger partial charge in [-0.3, -0.25) is 0 Å². The van der Waals surface area contributed by atoms with Gasteiger partial charge in [0.1, 0.15) is 11.5 Å². The lowest BCUT2D eigenvalue weighted by atomic mass is 10.1. The number of halogens is 2. The SMILES string of the molecule is CNc1ncc(F)c(-c2cc(C)ccc2F)n1. The number of hydrogen-bond acceptors (Lipinski definition) is 3. The van der Waals surface area contributed by atoms with Gasteiger partial charge in [0.25, 0.3) is 0 Å². The van der Waals surface area contributed by atoms with Gasteiger partial charge in [0.2, 0.25) is 5.95 Å². The normalized spacial score (nSPS) is 10.4. The van der Waals surface area contributed by atoms with Gasteiger partial charge < -0.3 is 5.32 Å². The number of aryl methyl sites for hydroxylation is 1. The topological polar surface area (TPSA) is 37.8 Å². The predicted molar refractivity (Wildman–Crippen MR) is 61.7 cm³/mol. The van der Waals surface area contributed by atoms with Crippen molar-refractivity contribution in [2.24, 2.45) is 0 Å². The second-order valence-corrected chi connectivity index (χ2v) is 3.62. The standard InChI is InChI=1S/C12H11F2N3/c1-7-3-4-9(13)8(5-7)11-10(14)6-16-12(15-2)17-11/h3-6H,1-2H3,(H,15,16,17). The lowest BCUT2D eigenvalue weighted by molar-refractivity contribution is 0.607. The lowest BCUT2D eigenvalue weighted by Gasteiger charge is -2.06. The van der Waals surface area contributed by atoms with Crippen LogP contribution in [-0.4, -0.2) is 17.0 Å². The Morgan fingerprint density at radius 3 is 2.65 bits per heavy atom. The third-order valence-electron chi connectivity index (χ3n) is 2.34. The van der Waals surface area contributed by atoms with Crippen molar-refractivity contribution in [3.63, 3.8) is 0 Å². The third kappa shape index (κ3) is 2.22. The highest BCUT2D eigenvalue weighted by Gasteiger charge is 2.13. The molecule has 17 heavy (non-hydrogen) atoms. The minimum atomic E-state index is -0.645. The van der Waals surface area contributed by atoms with Gasteiger partial charge in [-0.1, -0.05) is 11.6 Å². The summed E-state index contributed by atoms with van der Waals surface area (Å²) < 4.78 is 27.2. The lowest BCUT2D eigenvalue weighted by Crippen LogP contribution is -2.01. The molecule has 0 atom stereocenters. The molecule has 0 spiro atoms. The van der Waals surface area contributed by atoms with Crippen molar-refractivity contribution in [1.82, 2.24) is 9.97 Å². The van der Waals surface area contributed by atoms with Crippen LogP contribution in [0.25, 0.3) is 11.3 Å². The van der Waals surface area contributed by atoms with Gasteiger partial charge in [0.15, 0.2) is 5.82 Å². The fraction of sp³-hybridized carbons (Fsp3) is 0.167. The van der Waals surface area contributed by atoms with Crippen LogP contribution in [0.1, 0.15) is 5.56 Å². The van der Waals surface area contributed by atoms with Crippen LogP contribution < -0.4 is 5.32 Å². The van der Waals surface area contributed by atoms with Gasteiger partial charge in [0, 0.05) is 12.6 Å². The van der Waals surface area contributed by atoms with Gasteiger partial charge in [-0.05, 0) is 19.1 Å². The predicted octanol–water partition coefficient (Wildman–Crippen LogP) is 2.77. The van der Waals surface area contributed by atoms with E-state index in [9.17, 15) is 8.78 Å². The number of nitrogens with one attached hydrogen (secondary N) is 1. The Labute approximate surface area is 97.5 Å². The molecule has 0 fully saturated rings. The van der Waals surface area contributed by atoms with Crippen molar-refractivity contribution < 1.29 is 8.78 Å². The van der Waals surface area contributed by atoms with Crippen molar-refractivity contribution in [3.05, 3.63) is 41.6 Å². The van der Waals surface area contributed by atoms with Crippen molar-refractivity contribution in [3.8, 4) is 11.3 Å². The first-order valence-corrected chi connectivity index (χ1v) is 5.08. The Hall–Kier alpha value is -2.04. The highest BCUT2D eigenvalue weighted by molar-refractivity contribution is 5.62. The Balaban J connectivity index is 2.62. The monoisotopic (exact) mass is 235 g/mol. The van der Waals surface area contributed by atoms with E-state index in [2.05, 4.69) is 15.3 Å². The van der Waals surface area contributed by atoms with Crippen LogP contribution in [0, 0.1) is 18.6 Å². The van der Waals surface area contributed by atoms with Gasteiger partial charge in [-0.25, -0.2) is 18.7 Å². The minimum Gasteiger partial charge on any atom is -0.357 e. The van der Waals surface area contributed by atoms with Crippen LogP contribution in [-0.2, 0) is 0 Å². The summed E-state index contributed by atoms with van der Waals surface area (Å²) in [4.78, 5) is 7.64. The van der Waals surface area contributed by atoms with Crippen LogP contribution >= 0.6 is 0 Å². The zero-order chi connectivity index (χ0) is 12.4. The molecule has 0 saturated carbocycles. The van der Waals surface area contributed by atoms with E-state index in [1.54, 1.807) is 26.1 Å². The van der Waals surface area contributed by atoms with E-state index < -0.39 is 11.6 Å². The van der Waals surface area contributed by atoms with E-state index in [0.29, 0.717) is 0 Å². The van der Waals surface area contributed by atoms with Gasteiger partial charge in [-0.15, -0.1) is 0 Å². The maximum atomic E-state index is 13.6. The molecule has 0 aliphatic rings. The number of anilines is 1. The van der Waals surface area contributed by atoms with Gasteiger partial charge >= 0.3 is 0 Å². The van der Waals surface area contributed by atoms with Crippen molar-refractivity contribution >= 4 is 5.95 Å². The van der Waals surface area contributed by atoms with Crippen LogP contribution in [0.15, 0.2) is 24.4 Å². The molecule has 1 aromatic carbocycles. The quantitative estimate of drug-likeness (QED) is 0.869. The summed E-state index contributed by atoms with van der Waals surface area (Å²) in [7, 11) is 1.61. The molecule has 0 amide bonds. The molecule has 3 nitrogen and oxygen atoms in total. The molecule has 0 aliphatic heterocycles.